The topological polar surface area (TPSA) is 350 Å². The Morgan fingerprint density at radius 1 is 0.551 bits per heavy atom. The monoisotopic (exact) mass is 969 g/mol. The molecule has 1 aliphatic carbocycles. The van der Waals surface area contributed by atoms with Crippen LogP contribution >= 0.6 is 0 Å². The fourth-order valence-corrected chi connectivity index (χ4v) is 10.5. The van der Waals surface area contributed by atoms with Crippen LogP contribution in [0.4, 0.5) is 0 Å². The lowest BCUT2D eigenvalue weighted by atomic mass is 9.84. The number of carbonyl (C=O) groups excluding carboxylic acids is 1. The van der Waals surface area contributed by atoms with Crippen molar-refractivity contribution < 1.29 is 74.1 Å². The van der Waals surface area contributed by atoms with E-state index in [-0.39, 0.29) is 25.3 Å². The molecule has 0 radical (unpaired) electrons. The number of rotatable bonds is 20. The van der Waals surface area contributed by atoms with Crippen LogP contribution in [0.15, 0.2) is 54.6 Å². The van der Waals surface area contributed by atoms with Crippen LogP contribution in [0.5, 0.6) is 0 Å². The van der Waals surface area contributed by atoms with Gasteiger partial charge in [0, 0.05) is 25.0 Å². The van der Waals surface area contributed by atoms with E-state index in [0.29, 0.717) is 6.42 Å². The second-order valence-electron chi connectivity index (χ2n) is 19.3. The van der Waals surface area contributed by atoms with E-state index in [2.05, 4.69) is 59.9 Å². The third-order valence-corrected chi connectivity index (χ3v) is 14.6. The van der Waals surface area contributed by atoms with Gasteiger partial charge in [0.05, 0.1) is 31.4 Å². The number of hydrogen-bond donors (Lipinski definition) is 13. The van der Waals surface area contributed by atoms with Gasteiger partial charge in [-0.2, -0.15) is 0 Å². The predicted molar refractivity (Wildman–Crippen MR) is 251 cm³/mol. The molecule has 17 N–H and O–H groups in total. The molecule has 0 bridgehead atoms. The van der Waals surface area contributed by atoms with Gasteiger partial charge in [0.1, 0.15) is 67.1 Å². The summed E-state index contributed by atoms with van der Waals surface area (Å²) in [6, 6.07) is 15.4. The smallest absolute Gasteiger partial charge is 0.220 e. The SMILES string of the molecule is N[C@H]1[C@@H](O[C@H]2[C@@H](O)[C@H](O[C@@H]3[C@@H](O)[C@H](N)C[C@H](N)[C@H]3O[C@H]3O[C@H](CO)[C@@H](O)[C@H](O)[C@H]3N)O[C@@H]2CO)O[C@@H](CNC(=O)CCCCCCCCCc2ccc3ccc4cccc5ccc2c3c45)[C@@H](O)[C@@H]1O. The first-order valence-corrected chi connectivity index (χ1v) is 24.4. The van der Waals surface area contributed by atoms with Gasteiger partial charge in [0.2, 0.25) is 5.91 Å². The van der Waals surface area contributed by atoms with E-state index >= 15 is 0 Å². The van der Waals surface area contributed by atoms with Crippen molar-refractivity contribution in [2.75, 3.05) is 19.8 Å². The average Bonchev–Trinajstić information content (AvgIpc) is 3.65. The van der Waals surface area contributed by atoms with E-state index in [9.17, 15) is 45.6 Å². The zero-order valence-electron chi connectivity index (χ0n) is 38.6. The standard InChI is InChI=1S/C49H71N5O15/c50-28-19-29(51)44(67-48-37(53)42(62)40(60)31(21-55)65-48)46(38(28)58)69-49-43(63)45(32(22-56)66-49)68-47-36(52)41(61)39(59)30(64-47)20-54-33(57)12-7-5-3-1-2-4-6-9-23-13-14-26-16-15-24-10-8-11-25-17-18-27(23)35(26)34(24)25/h8,10-11,13-18,28-32,36-49,55-56,58-63H,1-7,9,12,19-22,50-53H2,(H,54,57)/t28-,29+,30+,31-,32-,36-,37-,38+,39-,40-,41-,42-,43-,44-,45-,46-,47-,48-,49+/m1/s1. The largest absolute Gasteiger partial charge is 0.394 e. The maximum absolute atomic E-state index is 12.9. The Bertz CT molecular complexity index is 2260. The first kappa shape index (κ1) is 52.0. The third-order valence-electron chi connectivity index (χ3n) is 14.6. The number of aliphatic hydroxyl groups excluding tert-OH is 8. The molecule has 69 heavy (non-hydrogen) atoms. The molecule has 4 aromatic rings. The number of unbranched alkanes of at least 4 members (excludes halogenated alkanes) is 6. The van der Waals surface area contributed by atoms with Crippen LogP contribution < -0.4 is 28.3 Å². The average molecular weight is 970 g/mol. The first-order chi connectivity index (χ1) is 33.2. The third kappa shape index (κ3) is 11.2. The lowest BCUT2D eigenvalue weighted by Crippen LogP contribution is -2.68. The number of amides is 1. The Morgan fingerprint density at radius 3 is 1.75 bits per heavy atom. The molecule has 3 heterocycles. The summed E-state index contributed by atoms with van der Waals surface area (Å²) in [7, 11) is 0. The number of nitrogens with two attached hydrogens (primary N) is 4. The number of ether oxygens (including phenoxy) is 6. The van der Waals surface area contributed by atoms with Crippen molar-refractivity contribution in [1.82, 2.24) is 5.32 Å². The molecular weight excluding hydrogens is 899 g/mol. The highest BCUT2D eigenvalue weighted by Gasteiger charge is 2.54. The summed E-state index contributed by atoms with van der Waals surface area (Å²) in [6.45, 7) is -1.55. The first-order valence-electron chi connectivity index (χ1n) is 24.4. The molecule has 1 amide bonds. The normalized spacial score (nSPS) is 37.5. The van der Waals surface area contributed by atoms with Gasteiger partial charge < -0.3 is 97.5 Å². The van der Waals surface area contributed by atoms with Gasteiger partial charge in [-0.3, -0.25) is 4.79 Å². The fourth-order valence-electron chi connectivity index (χ4n) is 10.5. The van der Waals surface area contributed by atoms with Gasteiger partial charge in [-0.05, 0) is 63.6 Å². The van der Waals surface area contributed by atoms with Crippen molar-refractivity contribution in [2.24, 2.45) is 22.9 Å². The van der Waals surface area contributed by atoms with E-state index in [1.807, 2.05) is 0 Å². The molecule has 20 nitrogen and oxygen atoms in total. The number of nitrogens with one attached hydrogen (secondary N) is 1. The minimum Gasteiger partial charge on any atom is -0.394 e. The molecule has 4 aliphatic rings. The zero-order chi connectivity index (χ0) is 49.1. The molecule has 1 saturated carbocycles. The summed E-state index contributed by atoms with van der Waals surface area (Å²) in [4.78, 5) is 12.9. The maximum Gasteiger partial charge on any atom is 0.220 e. The van der Waals surface area contributed by atoms with Crippen LogP contribution in [0.1, 0.15) is 63.4 Å². The Hall–Kier alpha value is -3.33. The zero-order valence-corrected chi connectivity index (χ0v) is 38.6. The van der Waals surface area contributed by atoms with Gasteiger partial charge in [-0.15, -0.1) is 0 Å². The van der Waals surface area contributed by atoms with Crippen LogP contribution in [0.2, 0.25) is 0 Å². The number of aliphatic hydroxyl groups is 8. The highest BCUT2D eigenvalue weighted by molar-refractivity contribution is 6.23. The van der Waals surface area contributed by atoms with Crippen LogP contribution in [-0.2, 0) is 39.6 Å². The molecule has 3 aliphatic heterocycles. The van der Waals surface area contributed by atoms with Gasteiger partial charge in [0.15, 0.2) is 18.9 Å². The summed E-state index contributed by atoms with van der Waals surface area (Å²) in [5.74, 6) is -0.258. The predicted octanol–water partition coefficient (Wildman–Crippen LogP) is -1.44. The lowest BCUT2D eigenvalue weighted by molar-refractivity contribution is -0.310. The Kier molecular flexibility index (Phi) is 17.4. The van der Waals surface area contributed by atoms with Gasteiger partial charge in [-0.25, -0.2) is 0 Å². The van der Waals surface area contributed by atoms with E-state index in [1.54, 1.807) is 0 Å². The molecule has 0 aromatic heterocycles. The minimum absolute atomic E-state index is 0.0426. The Balaban J connectivity index is 0.771. The summed E-state index contributed by atoms with van der Waals surface area (Å²) in [5.41, 5.74) is 26.3. The molecule has 3 saturated heterocycles. The molecule has 19 atom stereocenters. The van der Waals surface area contributed by atoms with E-state index in [4.69, 9.17) is 51.4 Å². The fraction of sp³-hybridized carbons (Fsp3) is 0.653. The van der Waals surface area contributed by atoms with Crippen molar-refractivity contribution in [3.05, 3.63) is 60.2 Å². The minimum atomic E-state index is -1.68. The lowest BCUT2D eigenvalue weighted by Gasteiger charge is -2.47. The van der Waals surface area contributed by atoms with Crippen LogP contribution in [0.3, 0.4) is 0 Å². The van der Waals surface area contributed by atoms with E-state index < -0.39 is 129 Å². The number of carbonyl (C=O) groups is 1. The van der Waals surface area contributed by atoms with Crippen LogP contribution in [0, 0.1) is 0 Å². The highest BCUT2D eigenvalue weighted by Crippen LogP contribution is 2.37. The highest BCUT2D eigenvalue weighted by atomic mass is 16.8. The molecule has 4 aromatic carbocycles. The number of benzene rings is 4. The maximum atomic E-state index is 12.9. The van der Waals surface area contributed by atoms with Crippen molar-refractivity contribution in [2.45, 2.75) is 180 Å². The summed E-state index contributed by atoms with van der Waals surface area (Å²) >= 11 is 0. The molecule has 0 unspecified atom stereocenters. The second-order valence-corrected chi connectivity index (χ2v) is 19.3. The van der Waals surface area contributed by atoms with Gasteiger partial charge >= 0.3 is 0 Å². The summed E-state index contributed by atoms with van der Waals surface area (Å²) in [6.07, 6.45) is -13.2. The molecule has 382 valence electrons. The van der Waals surface area contributed by atoms with Crippen molar-refractivity contribution >= 4 is 38.2 Å². The van der Waals surface area contributed by atoms with E-state index in [0.717, 1.165) is 44.9 Å². The quantitative estimate of drug-likeness (QED) is 0.0356. The van der Waals surface area contributed by atoms with Gasteiger partial charge in [-0.1, -0.05) is 86.7 Å². The molecule has 8 rings (SSSR count). The van der Waals surface area contributed by atoms with Crippen molar-refractivity contribution in [1.29, 1.82) is 0 Å². The summed E-state index contributed by atoms with van der Waals surface area (Å²) in [5, 5.41) is 95.7. The van der Waals surface area contributed by atoms with E-state index in [1.165, 1.54) is 37.9 Å². The Labute approximate surface area is 400 Å². The van der Waals surface area contributed by atoms with Crippen molar-refractivity contribution in [3.63, 3.8) is 0 Å². The van der Waals surface area contributed by atoms with Crippen molar-refractivity contribution in [3.8, 4) is 0 Å². The number of aryl methyl sites for hydroxylation is 1. The van der Waals surface area contributed by atoms with Crippen LogP contribution in [0.25, 0.3) is 32.3 Å². The van der Waals surface area contributed by atoms with Gasteiger partial charge in [0.25, 0.3) is 0 Å². The second kappa shape index (κ2) is 23.0. The van der Waals surface area contributed by atoms with Crippen LogP contribution in [-0.4, -0.2) is 183 Å². The molecule has 20 heteroatoms. The molecule has 4 fully saturated rings. The number of hydrogen-bond acceptors (Lipinski definition) is 19. The Morgan fingerprint density at radius 2 is 1.09 bits per heavy atom. The molecular formula is C49H71N5O15. The summed E-state index contributed by atoms with van der Waals surface area (Å²) < 4.78 is 35.5. The molecule has 0 spiro atoms.